The number of carbonyl (C=O) groups excluding carboxylic acids is 3. The SMILES string of the molecule is CCc1c(N2CCCC2=O)cccc1S(=O)(=O)N[C@@H](CNC(=O)c1ccc(Cl)s1)C(=O)OCCn1ccnc1C. The van der Waals surface area contributed by atoms with Crippen LogP contribution in [-0.2, 0) is 37.3 Å². The summed E-state index contributed by atoms with van der Waals surface area (Å²) in [5, 5.41) is 2.59. The van der Waals surface area contributed by atoms with Crippen molar-refractivity contribution in [2.75, 3.05) is 24.6 Å². The number of aromatic nitrogens is 2. The molecule has 0 spiro atoms. The Bertz CT molecular complexity index is 1500. The van der Waals surface area contributed by atoms with Gasteiger partial charge < -0.3 is 19.5 Å². The van der Waals surface area contributed by atoms with E-state index in [4.69, 9.17) is 16.3 Å². The third kappa shape index (κ3) is 6.89. The van der Waals surface area contributed by atoms with Crippen LogP contribution in [-0.4, -0.2) is 61.5 Å². The number of hydrogen-bond acceptors (Lipinski definition) is 8. The number of benzene rings is 1. The van der Waals surface area contributed by atoms with Crippen LogP contribution < -0.4 is 14.9 Å². The normalized spacial score (nSPS) is 14.4. The number of thiophene rings is 1. The average Bonchev–Trinajstić information content (AvgIpc) is 3.67. The van der Waals surface area contributed by atoms with Gasteiger partial charge in [0.15, 0.2) is 0 Å². The second-order valence-electron chi connectivity index (χ2n) is 9.08. The Labute approximate surface area is 241 Å². The number of anilines is 1. The topological polar surface area (TPSA) is 140 Å². The van der Waals surface area contributed by atoms with Crippen molar-refractivity contribution in [2.45, 2.75) is 50.6 Å². The number of rotatable bonds is 12. The van der Waals surface area contributed by atoms with Crippen LogP contribution in [0.25, 0.3) is 0 Å². The number of nitrogens with zero attached hydrogens (tertiary/aromatic N) is 3. The van der Waals surface area contributed by atoms with Crippen LogP contribution in [0.4, 0.5) is 5.69 Å². The first kappa shape index (κ1) is 29.7. The highest BCUT2D eigenvalue weighted by Crippen LogP contribution is 2.31. The minimum absolute atomic E-state index is 0.0322. The molecule has 0 saturated carbocycles. The highest BCUT2D eigenvalue weighted by molar-refractivity contribution is 7.89. The maximum absolute atomic E-state index is 13.6. The van der Waals surface area contributed by atoms with E-state index in [2.05, 4.69) is 15.0 Å². The van der Waals surface area contributed by atoms with Crippen LogP contribution >= 0.6 is 22.9 Å². The molecule has 1 saturated heterocycles. The molecule has 0 aliphatic carbocycles. The van der Waals surface area contributed by atoms with Gasteiger partial charge in [-0.25, -0.2) is 13.4 Å². The summed E-state index contributed by atoms with van der Waals surface area (Å²) in [5.74, 6) is -0.691. The summed E-state index contributed by atoms with van der Waals surface area (Å²) in [6.07, 6.45) is 4.79. The number of aryl methyl sites for hydroxylation is 1. The zero-order chi connectivity index (χ0) is 28.9. The second-order valence-corrected chi connectivity index (χ2v) is 12.5. The molecule has 2 aromatic heterocycles. The maximum Gasteiger partial charge on any atom is 0.326 e. The van der Waals surface area contributed by atoms with E-state index in [1.165, 1.54) is 12.1 Å². The molecule has 14 heteroatoms. The molecule has 2 N–H and O–H groups in total. The predicted octanol–water partition coefficient (Wildman–Crippen LogP) is 2.92. The van der Waals surface area contributed by atoms with E-state index in [0.29, 0.717) is 52.8 Å². The van der Waals surface area contributed by atoms with E-state index in [0.717, 1.165) is 17.2 Å². The predicted molar refractivity (Wildman–Crippen MR) is 151 cm³/mol. The molecule has 4 rings (SSSR count). The molecular weight excluding hydrogens is 578 g/mol. The van der Waals surface area contributed by atoms with Gasteiger partial charge in [-0.3, -0.25) is 14.4 Å². The van der Waals surface area contributed by atoms with E-state index in [1.807, 2.05) is 0 Å². The van der Waals surface area contributed by atoms with Crippen LogP contribution in [0.1, 0.15) is 40.8 Å². The van der Waals surface area contributed by atoms with Crippen LogP contribution in [0.3, 0.4) is 0 Å². The Morgan fingerprint density at radius 3 is 2.67 bits per heavy atom. The van der Waals surface area contributed by atoms with E-state index in [9.17, 15) is 22.8 Å². The first-order valence-corrected chi connectivity index (χ1v) is 15.4. The van der Waals surface area contributed by atoms with Crippen molar-refractivity contribution in [3.05, 3.63) is 63.3 Å². The van der Waals surface area contributed by atoms with E-state index in [1.54, 1.807) is 53.9 Å². The molecule has 0 bridgehead atoms. The average molecular weight is 608 g/mol. The van der Waals surface area contributed by atoms with Gasteiger partial charge in [-0.1, -0.05) is 24.6 Å². The van der Waals surface area contributed by atoms with Crippen LogP contribution in [0.2, 0.25) is 4.34 Å². The Balaban J connectivity index is 1.55. The number of amides is 2. The Kier molecular flexibility index (Phi) is 9.61. The number of halogens is 1. The number of nitrogens with one attached hydrogen (secondary N) is 2. The van der Waals surface area contributed by atoms with Crippen molar-refractivity contribution in [3.8, 4) is 0 Å². The number of imidazole rings is 1. The van der Waals surface area contributed by atoms with Gasteiger partial charge in [-0.05, 0) is 49.6 Å². The fraction of sp³-hybridized carbons (Fsp3) is 0.385. The molecule has 40 heavy (non-hydrogen) atoms. The van der Waals surface area contributed by atoms with Gasteiger partial charge >= 0.3 is 5.97 Å². The first-order chi connectivity index (χ1) is 19.1. The molecule has 3 aromatic rings. The highest BCUT2D eigenvalue weighted by atomic mass is 35.5. The van der Waals surface area contributed by atoms with Crippen molar-refractivity contribution < 1.29 is 27.5 Å². The van der Waals surface area contributed by atoms with Crippen LogP contribution in [0, 0.1) is 6.92 Å². The maximum atomic E-state index is 13.6. The van der Waals surface area contributed by atoms with Crippen molar-refractivity contribution in [1.29, 1.82) is 0 Å². The van der Waals surface area contributed by atoms with Gasteiger partial charge in [-0.15, -0.1) is 11.3 Å². The number of carbonyl (C=O) groups is 3. The lowest BCUT2D eigenvalue weighted by Crippen LogP contribution is -2.49. The Hall–Kier alpha value is -3.26. The van der Waals surface area contributed by atoms with Gasteiger partial charge in [0.05, 0.1) is 20.7 Å². The summed E-state index contributed by atoms with van der Waals surface area (Å²) in [7, 11) is -4.27. The second kappa shape index (κ2) is 12.9. The minimum atomic E-state index is -4.27. The zero-order valence-corrected chi connectivity index (χ0v) is 24.4. The van der Waals surface area contributed by atoms with E-state index in [-0.39, 0.29) is 24.0 Å². The highest BCUT2D eigenvalue weighted by Gasteiger charge is 2.31. The van der Waals surface area contributed by atoms with E-state index >= 15 is 0 Å². The molecule has 1 aliphatic heterocycles. The largest absolute Gasteiger partial charge is 0.463 e. The zero-order valence-electron chi connectivity index (χ0n) is 22.1. The Morgan fingerprint density at radius 2 is 2.05 bits per heavy atom. The standard InChI is InChI=1S/C26H30ClN5O6S2/c1-3-18-20(32-12-5-8-24(32)33)6-4-7-22(18)40(36,37)30-19(16-29-25(34)21-9-10-23(27)39-21)26(35)38-15-14-31-13-11-28-17(31)2/h4,6-7,9-11,13,19,30H,3,5,8,12,14-16H2,1-2H3,(H,29,34)/t19-/m0/s1. The molecule has 2 amide bonds. The lowest BCUT2D eigenvalue weighted by atomic mass is 10.1. The third-order valence-electron chi connectivity index (χ3n) is 6.46. The smallest absolute Gasteiger partial charge is 0.326 e. The summed E-state index contributed by atoms with van der Waals surface area (Å²) in [4.78, 5) is 44.1. The molecule has 0 radical (unpaired) electrons. The summed E-state index contributed by atoms with van der Waals surface area (Å²) in [6.45, 7) is 4.04. The molecule has 11 nitrogen and oxygen atoms in total. The van der Waals surface area contributed by atoms with Gasteiger partial charge in [0.2, 0.25) is 15.9 Å². The lowest BCUT2D eigenvalue weighted by molar-refractivity contribution is -0.145. The molecule has 0 unspecified atom stereocenters. The van der Waals surface area contributed by atoms with Gasteiger partial charge in [-0.2, -0.15) is 4.72 Å². The molecule has 1 fully saturated rings. The number of sulfonamides is 1. The first-order valence-electron chi connectivity index (χ1n) is 12.7. The summed E-state index contributed by atoms with van der Waals surface area (Å²) >= 11 is 6.98. The van der Waals surface area contributed by atoms with Gasteiger partial charge in [0, 0.05) is 37.6 Å². The van der Waals surface area contributed by atoms with Gasteiger partial charge in [0.1, 0.15) is 18.5 Å². The molecule has 1 aromatic carbocycles. The number of hydrogen-bond donors (Lipinski definition) is 2. The fourth-order valence-corrected chi connectivity index (χ4v) is 6.92. The van der Waals surface area contributed by atoms with E-state index < -0.39 is 27.9 Å². The summed E-state index contributed by atoms with van der Waals surface area (Å²) in [5.41, 5.74) is 0.996. The van der Waals surface area contributed by atoms with Crippen molar-refractivity contribution in [2.24, 2.45) is 0 Å². The summed E-state index contributed by atoms with van der Waals surface area (Å²) in [6, 6.07) is 6.40. The summed E-state index contributed by atoms with van der Waals surface area (Å²) < 4.78 is 37.3. The quantitative estimate of drug-likeness (QED) is 0.302. The molecule has 1 aliphatic rings. The molecule has 214 valence electrons. The number of esters is 1. The van der Waals surface area contributed by atoms with Crippen LogP contribution in [0.15, 0.2) is 47.6 Å². The molecule has 1 atom stereocenters. The minimum Gasteiger partial charge on any atom is -0.463 e. The molecule has 3 heterocycles. The van der Waals surface area contributed by atoms with Crippen LogP contribution in [0.5, 0.6) is 0 Å². The third-order valence-corrected chi connectivity index (χ3v) is 9.25. The molecular formula is C26H30ClN5O6S2. The fourth-order valence-electron chi connectivity index (χ4n) is 4.44. The van der Waals surface area contributed by atoms with Crippen molar-refractivity contribution >= 4 is 56.4 Å². The van der Waals surface area contributed by atoms with Crippen molar-refractivity contribution in [3.63, 3.8) is 0 Å². The Morgan fingerprint density at radius 1 is 1.25 bits per heavy atom. The van der Waals surface area contributed by atoms with Gasteiger partial charge in [0.25, 0.3) is 5.91 Å². The monoisotopic (exact) mass is 607 g/mol. The number of ether oxygens (including phenoxy) is 1. The van der Waals surface area contributed by atoms with Crippen molar-refractivity contribution in [1.82, 2.24) is 19.6 Å². The lowest BCUT2D eigenvalue weighted by Gasteiger charge is -2.23.